The summed E-state index contributed by atoms with van der Waals surface area (Å²) in [6.45, 7) is 6.06. The molecular weight excluding hydrogens is 215 g/mol. The summed E-state index contributed by atoms with van der Waals surface area (Å²) >= 11 is 0. The highest BCUT2D eigenvalue weighted by molar-refractivity contribution is 7.48. The summed E-state index contributed by atoms with van der Waals surface area (Å²) in [7, 11) is -3.39. The van der Waals surface area contributed by atoms with Crippen LogP contribution in [0.2, 0.25) is 0 Å². The number of phosphoric acid groups is 1. The number of rotatable bonds is 8. The summed E-state index contributed by atoms with van der Waals surface area (Å²) < 4.78 is 26.5. The maximum Gasteiger partial charge on any atom is 0.529 e. The SMILES string of the molecule is CC/C=C\C=C/OP(=O)(OCC)OCC. The molecule has 0 saturated carbocycles. The van der Waals surface area contributed by atoms with Crippen LogP contribution >= 0.6 is 7.82 Å². The van der Waals surface area contributed by atoms with E-state index < -0.39 is 7.82 Å². The van der Waals surface area contributed by atoms with Gasteiger partial charge < -0.3 is 4.52 Å². The lowest BCUT2D eigenvalue weighted by atomic mass is 10.4. The Balaban J connectivity index is 4.11. The lowest BCUT2D eigenvalue weighted by molar-refractivity contribution is 0.154. The molecule has 0 aliphatic carbocycles. The Labute approximate surface area is 91.5 Å². The van der Waals surface area contributed by atoms with Crippen molar-refractivity contribution in [3.63, 3.8) is 0 Å². The molecule has 88 valence electrons. The molecule has 0 aromatic heterocycles. The van der Waals surface area contributed by atoms with Crippen molar-refractivity contribution in [1.82, 2.24) is 0 Å². The van der Waals surface area contributed by atoms with Gasteiger partial charge in [-0.15, -0.1) is 0 Å². The van der Waals surface area contributed by atoms with Gasteiger partial charge in [0.25, 0.3) is 0 Å². The molecule has 0 bridgehead atoms. The zero-order valence-corrected chi connectivity index (χ0v) is 10.4. The van der Waals surface area contributed by atoms with Gasteiger partial charge >= 0.3 is 7.82 Å². The molecule has 0 aliphatic rings. The lowest BCUT2D eigenvalue weighted by Gasteiger charge is -2.13. The van der Waals surface area contributed by atoms with E-state index in [0.29, 0.717) is 0 Å². The highest BCUT2D eigenvalue weighted by atomic mass is 31.2. The Kier molecular flexibility index (Phi) is 8.38. The van der Waals surface area contributed by atoms with Crippen LogP contribution in [0.1, 0.15) is 27.2 Å². The highest BCUT2D eigenvalue weighted by Crippen LogP contribution is 2.49. The maximum atomic E-state index is 11.7. The Morgan fingerprint density at radius 3 is 2.13 bits per heavy atom. The van der Waals surface area contributed by atoms with Gasteiger partial charge in [-0.05, 0) is 26.3 Å². The van der Waals surface area contributed by atoms with Crippen molar-refractivity contribution >= 4 is 7.82 Å². The Bertz CT molecular complexity index is 238. The number of phosphoric ester groups is 1. The number of hydrogen-bond acceptors (Lipinski definition) is 4. The van der Waals surface area contributed by atoms with Gasteiger partial charge in [-0.1, -0.05) is 19.1 Å². The lowest BCUT2D eigenvalue weighted by Crippen LogP contribution is -1.96. The molecule has 0 aromatic carbocycles. The third-order valence-corrected chi connectivity index (χ3v) is 2.85. The van der Waals surface area contributed by atoms with E-state index in [4.69, 9.17) is 13.6 Å². The van der Waals surface area contributed by atoms with Gasteiger partial charge in [-0.3, -0.25) is 9.05 Å². The Morgan fingerprint density at radius 2 is 1.67 bits per heavy atom. The Hall–Kier alpha value is -0.570. The molecule has 0 rings (SSSR count). The van der Waals surface area contributed by atoms with Gasteiger partial charge in [0, 0.05) is 0 Å². The van der Waals surface area contributed by atoms with E-state index in [1.807, 2.05) is 19.1 Å². The van der Waals surface area contributed by atoms with Crippen molar-refractivity contribution in [2.75, 3.05) is 13.2 Å². The van der Waals surface area contributed by atoms with Gasteiger partial charge in [0.1, 0.15) is 0 Å². The second-order valence-electron chi connectivity index (χ2n) is 2.55. The van der Waals surface area contributed by atoms with Crippen LogP contribution in [0.4, 0.5) is 0 Å². The summed E-state index contributed by atoms with van der Waals surface area (Å²) in [5.41, 5.74) is 0. The first-order chi connectivity index (χ1) is 7.18. The van der Waals surface area contributed by atoms with Gasteiger partial charge in [-0.2, -0.15) is 0 Å². The molecular formula is C10H19O4P. The first kappa shape index (κ1) is 14.4. The van der Waals surface area contributed by atoms with Gasteiger partial charge in [0.05, 0.1) is 19.5 Å². The van der Waals surface area contributed by atoms with E-state index in [1.54, 1.807) is 19.9 Å². The molecule has 0 amide bonds. The van der Waals surface area contributed by atoms with E-state index in [9.17, 15) is 4.57 Å². The van der Waals surface area contributed by atoms with E-state index in [-0.39, 0.29) is 13.2 Å². The summed E-state index contributed by atoms with van der Waals surface area (Å²) in [5.74, 6) is 0. The van der Waals surface area contributed by atoms with E-state index in [2.05, 4.69) is 0 Å². The molecule has 0 spiro atoms. The predicted molar refractivity (Wildman–Crippen MR) is 60.5 cm³/mol. The fourth-order valence-corrected chi connectivity index (χ4v) is 1.83. The molecule has 0 aromatic rings. The summed E-state index contributed by atoms with van der Waals surface area (Å²) in [4.78, 5) is 0. The van der Waals surface area contributed by atoms with Crippen LogP contribution in [0.25, 0.3) is 0 Å². The molecule has 5 heteroatoms. The van der Waals surface area contributed by atoms with Crippen LogP contribution in [0, 0.1) is 0 Å². The molecule has 0 N–H and O–H groups in total. The van der Waals surface area contributed by atoms with Crippen molar-refractivity contribution in [1.29, 1.82) is 0 Å². The average Bonchev–Trinajstić information content (AvgIpc) is 2.18. The topological polar surface area (TPSA) is 44.8 Å². The van der Waals surface area contributed by atoms with Crippen LogP contribution in [0.15, 0.2) is 24.5 Å². The van der Waals surface area contributed by atoms with Crippen LogP contribution in [-0.4, -0.2) is 13.2 Å². The second kappa shape index (κ2) is 8.72. The van der Waals surface area contributed by atoms with Crippen molar-refractivity contribution in [3.8, 4) is 0 Å². The molecule has 0 atom stereocenters. The third kappa shape index (κ3) is 7.37. The largest absolute Gasteiger partial charge is 0.529 e. The van der Waals surface area contributed by atoms with Crippen molar-refractivity contribution in [2.24, 2.45) is 0 Å². The molecule has 0 unspecified atom stereocenters. The second-order valence-corrected chi connectivity index (χ2v) is 4.17. The quantitative estimate of drug-likeness (QED) is 0.365. The fourth-order valence-electron chi connectivity index (χ4n) is 0.784. The molecule has 0 heterocycles. The van der Waals surface area contributed by atoms with E-state index in [1.165, 1.54) is 6.26 Å². The van der Waals surface area contributed by atoms with Gasteiger partial charge in [0.2, 0.25) is 0 Å². The van der Waals surface area contributed by atoms with Crippen molar-refractivity contribution in [2.45, 2.75) is 27.2 Å². The average molecular weight is 234 g/mol. The zero-order chi connectivity index (χ0) is 11.6. The zero-order valence-electron chi connectivity index (χ0n) is 9.51. The van der Waals surface area contributed by atoms with E-state index >= 15 is 0 Å². The first-order valence-corrected chi connectivity index (χ1v) is 6.53. The van der Waals surface area contributed by atoms with Crippen molar-refractivity contribution < 1.29 is 18.1 Å². The monoisotopic (exact) mass is 234 g/mol. The summed E-state index contributed by atoms with van der Waals surface area (Å²) in [6, 6.07) is 0. The third-order valence-electron chi connectivity index (χ3n) is 1.33. The standard InChI is InChI=1S/C10H19O4P/c1-4-7-8-9-10-14-15(11,12-5-2)13-6-3/h7-10H,4-6H2,1-3H3/b8-7-,10-9-. The Morgan fingerprint density at radius 1 is 1.07 bits per heavy atom. The minimum Gasteiger partial charge on any atom is -0.412 e. The predicted octanol–water partition coefficient (Wildman–Crippen LogP) is 3.66. The van der Waals surface area contributed by atoms with Crippen molar-refractivity contribution in [3.05, 3.63) is 24.5 Å². The van der Waals surface area contributed by atoms with E-state index in [0.717, 1.165) is 6.42 Å². The van der Waals surface area contributed by atoms with Gasteiger partial charge in [0.15, 0.2) is 0 Å². The molecule has 15 heavy (non-hydrogen) atoms. The molecule has 4 nitrogen and oxygen atoms in total. The van der Waals surface area contributed by atoms with Crippen LogP contribution in [0.3, 0.4) is 0 Å². The minimum absolute atomic E-state index is 0.288. The minimum atomic E-state index is -3.39. The first-order valence-electron chi connectivity index (χ1n) is 5.07. The van der Waals surface area contributed by atoms with Crippen LogP contribution < -0.4 is 0 Å². The highest BCUT2D eigenvalue weighted by Gasteiger charge is 2.24. The molecule has 0 saturated heterocycles. The normalized spacial score (nSPS) is 12.7. The van der Waals surface area contributed by atoms with Crippen LogP contribution in [0.5, 0.6) is 0 Å². The van der Waals surface area contributed by atoms with Crippen LogP contribution in [-0.2, 0) is 18.1 Å². The smallest absolute Gasteiger partial charge is 0.412 e. The number of allylic oxidation sites excluding steroid dienone is 3. The fraction of sp³-hybridized carbons (Fsp3) is 0.600. The summed E-state index contributed by atoms with van der Waals surface area (Å²) in [5, 5.41) is 0. The summed E-state index contributed by atoms with van der Waals surface area (Å²) in [6.07, 6.45) is 7.67. The van der Waals surface area contributed by atoms with Gasteiger partial charge in [-0.25, -0.2) is 4.57 Å². The maximum absolute atomic E-state index is 11.7. The molecule has 0 fully saturated rings. The molecule has 0 aliphatic heterocycles. The molecule has 0 radical (unpaired) electrons. The number of hydrogen-bond donors (Lipinski definition) is 0.